The number of carboxylic acids is 1. The molecule has 34 heavy (non-hydrogen) atoms. The third-order valence-corrected chi connectivity index (χ3v) is 7.01. The number of aliphatic hydroxyl groups is 1. The molecule has 3 rings (SSSR count). The first kappa shape index (κ1) is 28.6. The molecule has 2 heterocycles. The Morgan fingerprint density at radius 2 is 1.97 bits per heavy atom. The Bertz CT molecular complexity index is 831. The number of ether oxygens (including phenoxy) is 1. The molecule has 0 aromatic rings. The Hall–Kier alpha value is -1.62. The number of unbranched alkanes of at least 4 members (excludes halogenated alkanes) is 2. The number of nitrogens with zero attached hydrogens (tertiary/aromatic N) is 2. The van der Waals surface area contributed by atoms with Crippen molar-refractivity contribution in [3.05, 3.63) is 11.3 Å². The Balaban J connectivity index is 0.00000408. The van der Waals surface area contributed by atoms with Gasteiger partial charge >= 0.3 is 41.6 Å². The SMILES string of the molecule is CCOC(=O)CCCCCNC(=O)N(C)[C@H]1CCC[C@H]2C1=C(C(=O)[O-])N1C(=O)[C@H](C(C)O)[C@@H]21.[Na+]. The summed E-state index contributed by atoms with van der Waals surface area (Å²) in [4.78, 5) is 51.5. The van der Waals surface area contributed by atoms with Gasteiger partial charge in [0.25, 0.3) is 0 Å². The number of hydrogen-bond acceptors (Lipinski definition) is 7. The van der Waals surface area contributed by atoms with Crippen molar-refractivity contribution in [3.63, 3.8) is 0 Å². The molecule has 5 atom stereocenters. The van der Waals surface area contributed by atoms with Gasteiger partial charge in [-0.1, -0.05) is 12.8 Å². The van der Waals surface area contributed by atoms with Gasteiger partial charge in [0.1, 0.15) is 0 Å². The van der Waals surface area contributed by atoms with E-state index in [0.717, 1.165) is 12.8 Å². The molecule has 0 radical (unpaired) electrons. The van der Waals surface area contributed by atoms with Crippen molar-refractivity contribution in [3.8, 4) is 0 Å². The summed E-state index contributed by atoms with van der Waals surface area (Å²) < 4.78 is 4.89. The number of β-lactam (4-membered cyclic amide) rings is 1. The molecule has 1 saturated heterocycles. The number of nitrogens with one attached hydrogen (secondary N) is 1. The molecule has 184 valence electrons. The summed E-state index contributed by atoms with van der Waals surface area (Å²) in [6.45, 7) is 4.11. The monoisotopic (exact) mass is 487 g/mol. The van der Waals surface area contributed by atoms with Crippen LogP contribution in [0.1, 0.15) is 58.8 Å². The van der Waals surface area contributed by atoms with Gasteiger partial charge in [0, 0.05) is 25.9 Å². The first-order valence-electron chi connectivity index (χ1n) is 11.8. The van der Waals surface area contributed by atoms with E-state index in [1.165, 1.54) is 9.80 Å². The number of rotatable bonds is 10. The second-order valence-corrected chi connectivity index (χ2v) is 9.07. The van der Waals surface area contributed by atoms with Gasteiger partial charge in [-0.15, -0.1) is 0 Å². The number of aliphatic hydroxyl groups excluding tert-OH is 1. The minimum Gasteiger partial charge on any atom is -0.543 e. The molecule has 3 amide bonds. The number of fused-ring (bicyclic) bond motifs is 3. The largest absolute Gasteiger partial charge is 1.00 e. The molecule has 3 aliphatic rings. The number of amides is 3. The normalized spacial score (nSPS) is 26.0. The first-order valence-corrected chi connectivity index (χ1v) is 11.8. The Morgan fingerprint density at radius 1 is 1.26 bits per heavy atom. The summed E-state index contributed by atoms with van der Waals surface area (Å²) in [7, 11) is 1.63. The summed E-state index contributed by atoms with van der Waals surface area (Å²) >= 11 is 0. The molecule has 1 unspecified atom stereocenters. The summed E-state index contributed by atoms with van der Waals surface area (Å²) in [5.41, 5.74) is 0.435. The molecule has 0 bridgehead atoms. The van der Waals surface area contributed by atoms with Gasteiger partial charge in [-0.3, -0.25) is 9.59 Å². The van der Waals surface area contributed by atoms with E-state index in [1.54, 1.807) is 20.9 Å². The first-order chi connectivity index (χ1) is 15.7. The van der Waals surface area contributed by atoms with E-state index in [9.17, 15) is 29.4 Å². The molecule has 10 nitrogen and oxygen atoms in total. The number of likely N-dealkylation sites (N-methyl/N-ethyl adjacent to an activating group) is 1. The minimum atomic E-state index is -1.42. The van der Waals surface area contributed by atoms with Gasteiger partial charge in [-0.05, 0) is 45.1 Å². The second kappa shape index (κ2) is 12.4. The van der Waals surface area contributed by atoms with Gasteiger partial charge in [-0.2, -0.15) is 0 Å². The van der Waals surface area contributed by atoms with Crippen LogP contribution in [-0.2, 0) is 19.1 Å². The number of urea groups is 1. The Kier molecular flexibility index (Phi) is 10.4. The van der Waals surface area contributed by atoms with Crippen LogP contribution in [-0.4, -0.2) is 77.2 Å². The van der Waals surface area contributed by atoms with E-state index in [-0.39, 0.29) is 59.2 Å². The van der Waals surface area contributed by atoms with Crippen molar-refractivity contribution in [2.24, 2.45) is 11.8 Å². The predicted molar refractivity (Wildman–Crippen MR) is 115 cm³/mol. The van der Waals surface area contributed by atoms with Gasteiger partial charge < -0.3 is 34.9 Å². The zero-order valence-corrected chi connectivity index (χ0v) is 22.5. The van der Waals surface area contributed by atoms with E-state index in [2.05, 4.69) is 5.32 Å². The average molecular weight is 488 g/mol. The fourth-order valence-corrected chi connectivity index (χ4v) is 5.51. The van der Waals surface area contributed by atoms with Gasteiger partial charge in [0.15, 0.2) is 0 Å². The van der Waals surface area contributed by atoms with Crippen LogP contribution >= 0.6 is 0 Å². The van der Waals surface area contributed by atoms with Crippen molar-refractivity contribution in [1.82, 2.24) is 15.1 Å². The number of esters is 1. The van der Waals surface area contributed by atoms with E-state index < -0.39 is 29.9 Å². The minimum absolute atomic E-state index is 0. The van der Waals surface area contributed by atoms with Crippen LogP contribution < -0.4 is 40.0 Å². The second-order valence-electron chi connectivity index (χ2n) is 9.07. The summed E-state index contributed by atoms with van der Waals surface area (Å²) in [6, 6.07) is -1.16. The molecule has 0 aromatic carbocycles. The van der Waals surface area contributed by atoms with Crippen molar-refractivity contribution >= 4 is 23.9 Å². The van der Waals surface area contributed by atoms with Crippen LogP contribution in [0, 0.1) is 11.8 Å². The number of carbonyl (C=O) groups is 4. The van der Waals surface area contributed by atoms with Crippen LogP contribution in [0.4, 0.5) is 4.79 Å². The van der Waals surface area contributed by atoms with Gasteiger partial charge in [0.05, 0.1) is 42.4 Å². The number of carboxylic acid groups (broad SMARTS) is 1. The van der Waals surface area contributed by atoms with E-state index >= 15 is 0 Å². The third-order valence-electron chi connectivity index (χ3n) is 7.01. The molecule has 2 N–H and O–H groups in total. The summed E-state index contributed by atoms with van der Waals surface area (Å²) in [6.07, 6.45) is 3.74. The van der Waals surface area contributed by atoms with Crippen LogP contribution in [0.3, 0.4) is 0 Å². The Labute approximate surface area is 222 Å². The average Bonchev–Trinajstić information content (AvgIpc) is 3.06. The number of aliphatic carboxylic acids is 1. The van der Waals surface area contributed by atoms with Crippen LogP contribution in [0.5, 0.6) is 0 Å². The molecule has 2 aliphatic heterocycles. The van der Waals surface area contributed by atoms with Gasteiger partial charge in [0.2, 0.25) is 5.91 Å². The van der Waals surface area contributed by atoms with Crippen LogP contribution in [0.25, 0.3) is 0 Å². The maximum Gasteiger partial charge on any atom is 1.00 e. The van der Waals surface area contributed by atoms with Crippen molar-refractivity contribution in [2.75, 3.05) is 20.2 Å². The van der Waals surface area contributed by atoms with E-state index in [4.69, 9.17) is 4.74 Å². The molecule has 0 aromatic heterocycles. The molecule has 2 fully saturated rings. The molecule has 1 saturated carbocycles. The molecule has 0 spiro atoms. The van der Waals surface area contributed by atoms with Crippen LogP contribution in [0.2, 0.25) is 0 Å². The zero-order valence-electron chi connectivity index (χ0n) is 20.5. The molecular formula is C23H34N3NaO7. The summed E-state index contributed by atoms with van der Waals surface area (Å²) in [5, 5.41) is 24.9. The maximum absolute atomic E-state index is 12.8. The Morgan fingerprint density at radius 3 is 2.59 bits per heavy atom. The van der Waals surface area contributed by atoms with Crippen molar-refractivity contribution < 1.29 is 63.7 Å². The van der Waals surface area contributed by atoms with Crippen molar-refractivity contribution in [2.45, 2.75) is 77.0 Å². The van der Waals surface area contributed by atoms with E-state index in [0.29, 0.717) is 50.8 Å². The molecule has 11 heteroatoms. The van der Waals surface area contributed by atoms with Crippen molar-refractivity contribution in [1.29, 1.82) is 0 Å². The third kappa shape index (κ3) is 5.61. The zero-order chi connectivity index (χ0) is 24.3. The van der Waals surface area contributed by atoms with Gasteiger partial charge in [-0.25, -0.2) is 4.79 Å². The smallest absolute Gasteiger partial charge is 0.543 e. The number of hydrogen-bond donors (Lipinski definition) is 2. The fourth-order valence-electron chi connectivity index (χ4n) is 5.51. The topological polar surface area (TPSA) is 139 Å². The fraction of sp³-hybridized carbons (Fsp3) is 0.739. The maximum atomic E-state index is 12.8. The summed E-state index contributed by atoms with van der Waals surface area (Å²) in [5.74, 6) is -2.87. The quantitative estimate of drug-likeness (QED) is 0.146. The number of carbonyl (C=O) groups excluding carboxylic acids is 4. The van der Waals surface area contributed by atoms with E-state index in [1.807, 2.05) is 0 Å². The van der Waals surface area contributed by atoms with Crippen LogP contribution in [0.15, 0.2) is 11.3 Å². The molecular weight excluding hydrogens is 453 g/mol. The molecule has 1 aliphatic carbocycles. The predicted octanol–water partition coefficient (Wildman–Crippen LogP) is -2.85. The standard InChI is InChI=1S/C23H35N3O7.Na/c1-4-33-16(28)11-6-5-7-12-24-23(32)25(3)15-10-8-9-14-18(15)20(22(30)31)26-19(14)17(13(2)27)21(26)29;/h13-15,17,19,27H,4-12H2,1-3H3,(H,24,32)(H,30,31);/q;+1/p-1/t13?,14-,15-,17+,19+;/m0./s1.